The molecule has 3 aromatic heterocycles. The maximum Gasteiger partial charge on any atom is 0.412 e. The zero-order valence-electron chi connectivity index (χ0n) is 11.8. The number of nitrogens with zero attached hydrogens (tertiary/aromatic N) is 5. The molecular formula is C13H10N6O3S. The molecule has 3 aromatic rings. The van der Waals surface area contributed by atoms with Crippen molar-refractivity contribution in [3.63, 3.8) is 0 Å². The molecule has 23 heavy (non-hydrogen) atoms. The number of hydrogen-bond donors (Lipinski definition) is 2. The number of anilines is 1. The van der Waals surface area contributed by atoms with Crippen molar-refractivity contribution in [3.8, 4) is 5.75 Å². The molecule has 0 bridgehead atoms. The van der Waals surface area contributed by atoms with Gasteiger partial charge >= 0.3 is 6.09 Å². The summed E-state index contributed by atoms with van der Waals surface area (Å²) in [7, 11) is 1.21. The standard InChI is InChI=1S/C13H10N6O3S/c1-22-13(21)16-11-8(20)4-5-9(15-11)17-18-12-7-3-2-6-14-10(7)19-23-12/h2-6,20H,1H3,(H,15,16,21)/b18-17+. The van der Waals surface area contributed by atoms with Crippen molar-refractivity contribution in [3.05, 3.63) is 30.5 Å². The molecule has 1 amide bonds. The fraction of sp³-hybridized carbons (Fsp3) is 0.0769. The lowest BCUT2D eigenvalue weighted by Gasteiger charge is -2.04. The minimum Gasteiger partial charge on any atom is -0.504 e. The normalized spacial score (nSPS) is 11.0. The van der Waals surface area contributed by atoms with Crippen molar-refractivity contribution < 1.29 is 14.6 Å². The van der Waals surface area contributed by atoms with E-state index >= 15 is 0 Å². The number of nitrogens with one attached hydrogen (secondary N) is 1. The largest absolute Gasteiger partial charge is 0.504 e. The van der Waals surface area contributed by atoms with Gasteiger partial charge in [-0.2, -0.15) is 4.37 Å². The quantitative estimate of drug-likeness (QED) is 0.710. The first-order valence-electron chi connectivity index (χ1n) is 6.34. The summed E-state index contributed by atoms with van der Waals surface area (Å²) in [5.41, 5.74) is 0.596. The number of aromatic nitrogens is 3. The van der Waals surface area contributed by atoms with Crippen molar-refractivity contribution in [1.29, 1.82) is 0 Å². The summed E-state index contributed by atoms with van der Waals surface area (Å²) in [5.74, 6) is -0.0643. The highest BCUT2D eigenvalue weighted by Crippen LogP contribution is 2.31. The van der Waals surface area contributed by atoms with Gasteiger partial charge in [-0.15, -0.1) is 10.2 Å². The Bertz CT molecular complexity index is 894. The zero-order valence-corrected chi connectivity index (χ0v) is 12.6. The van der Waals surface area contributed by atoms with Crippen LogP contribution in [0.15, 0.2) is 40.7 Å². The predicted molar refractivity (Wildman–Crippen MR) is 83.5 cm³/mol. The Balaban J connectivity index is 1.87. The van der Waals surface area contributed by atoms with Crippen LogP contribution in [0, 0.1) is 0 Å². The summed E-state index contributed by atoms with van der Waals surface area (Å²) in [6, 6.07) is 6.43. The Morgan fingerprint density at radius 1 is 1.35 bits per heavy atom. The molecule has 0 aromatic carbocycles. The van der Waals surface area contributed by atoms with Gasteiger partial charge in [-0.3, -0.25) is 5.32 Å². The summed E-state index contributed by atoms with van der Waals surface area (Å²) in [6.45, 7) is 0. The van der Waals surface area contributed by atoms with E-state index in [0.29, 0.717) is 10.6 Å². The second kappa shape index (κ2) is 6.32. The van der Waals surface area contributed by atoms with E-state index in [9.17, 15) is 9.90 Å². The molecule has 0 aliphatic rings. The molecule has 0 aliphatic carbocycles. The van der Waals surface area contributed by atoms with E-state index in [1.807, 2.05) is 6.07 Å². The molecule has 9 nitrogen and oxygen atoms in total. The lowest BCUT2D eigenvalue weighted by molar-refractivity contribution is 0.186. The minimum atomic E-state index is -0.749. The smallest absolute Gasteiger partial charge is 0.412 e. The molecule has 0 unspecified atom stereocenters. The van der Waals surface area contributed by atoms with Crippen molar-refractivity contribution >= 4 is 45.3 Å². The van der Waals surface area contributed by atoms with Gasteiger partial charge in [0.2, 0.25) is 0 Å². The Hall–Kier alpha value is -3.14. The van der Waals surface area contributed by atoms with Crippen molar-refractivity contribution in [2.75, 3.05) is 12.4 Å². The van der Waals surface area contributed by atoms with E-state index in [4.69, 9.17) is 0 Å². The van der Waals surface area contributed by atoms with E-state index in [0.717, 1.165) is 16.9 Å². The number of hydrogen-bond acceptors (Lipinski definition) is 9. The van der Waals surface area contributed by atoms with Crippen molar-refractivity contribution in [2.24, 2.45) is 10.2 Å². The van der Waals surface area contributed by atoms with Gasteiger partial charge in [0.25, 0.3) is 0 Å². The van der Waals surface area contributed by atoms with Crippen LogP contribution in [-0.2, 0) is 4.74 Å². The minimum absolute atomic E-state index is 0.0656. The molecule has 3 heterocycles. The maximum atomic E-state index is 11.2. The Morgan fingerprint density at radius 2 is 2.22 bits per heavy atom. The molecule has 2 N–H and O–H groups in total. The van der Waals surface area contributed by atoms with Crippen LogP contribution in [0.4, 0.5) is 21.4 Å². The number of amides is 1. The maximum absolute atomic E-state index is 11.2. The van der Waals surface area contributed by atoms with Crippen LogP contribution >= 0.6 is 11.5 Å². The molecule has 0 saturated heterocycles. The lowest BCUT2D eigenvalue weighted by Crippen LogP contribution is -2.12. The van der Waals surface area contributed by atoms with E-state index in [1.54, 1.807) is 12.3 Å². The number of rotatable bonds is 3. The van der Waals surface area contributed by atoms with Crippen LogP contribution < -0.4 is 5.32 Å². The molecule has 3 rings (SSSR count). The molecule has 0 saturated carbocycles. The third-order valence-electron chi connectivity index (χ3n) is 2.74. The molecule has 0 radical (unpaired) electrons. The molecule has 0 atom stereocenters. The topological polar surface area (TPSA) is 122 Å². The SMILES string of the molecule is COC(=O)Nc1nc(/N=N/c2snc3ncccc23)ccc1O. The van der Waals surface area contributed by atoms with Crippen LogP contribution in [-0.4, -0.2) is 32.7 Å². The second-order valence-corrected chi connectivity index (χ2v) is 4.97. The number of ether oxygens (including phenoxy) is 1. The number of methoxy groups -OCH3 is 1. The summed E-state index contributed by atoms with van der Waals surface area (Å²) >= 11 is 1.16. The van der Waals surface area contributed by atoms with Crippen LogP contribution in [0.1, 0.15) is 0 Å². The third-order valence-corrected chi connectivity index (χ3v) is 3.48. The summed E-state index contributed by atoms with van der Waals surface area (Å²) in [5, 5.41) is 21.4. The van der Waals surface area contributed by atoms with Gasteiger partial charge in [-0.1, -0.05) is 0 Å². The first-order valence-corrected chi connectivity index (χ1v) is 7.12. The van der Waals surface area contributed by atoms with Gasteiger partial charge in [0, 0.05) is 6.20 Å². The van der Waals surface area contributed by atoms with Gasteiger partial charge in [-0.05, 0) is 35.8 Å². The van der Waals surface area contributed by atoms with Crippen LogP contribution in [0.5, 0.6) is 5.75 Å². The second-order valence-electron chi connectivity index (χ2n) is 4.22. The van der Waals surface area contributed by atoms with E-state index in [-0.39, 0.29) is 17.4 Å². The van der Waals surface area contributed by atoms with Crippen molar-refractivity contribution in [1.82, 2.24) is 14.3 Å². The first-order chi connectivity index (χ1) is 11.2. The van der Waals surface area contributed by atoms with Gasteiger partial charge in [0.1, 0.15) is 0 Å². The fourth-order valence-corrected chi connectivity index (χ4v) is 2.33. The number of carbonyl (C=O) groups excluding carboxylic acids is 1. The highest BCUT2D eigenvalue weighted by molar-refractivity contribution is 7.11. The summed E-state index contributed by atoms with van der Waals surface area (Å²) < 4.78 is 8.60. The lowest BCUT2D eigenvalue weighted by atomic mass is 10.3. The van der Waals surface area contributed by atoms with Gasteiger partial charge in [0.05, 0.1) is 12.5 Å². The molecule has 116 valence electrons. The highest BCUT2D eigenvalue weighted by Gasteiger charge is 2.09. The highest BCUT2D eigenvalue weighted by atomic mass is 32.1. The number of carbonyl (C=O) groups is 1. The average molecular weight is 330 g/mol. The number of azo groups is 1. The summed E-state index contributed by atoms with van der Waals surface area (Å²) in [4.78, 5) is 19.3. The van der Waals surface area contributed by atoms with Crippen molar-refractivity contribution in [2.45, 2.75) is 0 Å². The van der Waals surface area contributed by atoms with Crippen LogP contribution in [0.3, 0.4) is 0 Å². The van der Waals surface area contributed by atoms with Gasteiger partial charge in [0.15, 0.2) is 28.0 Å². The summed E-state index contributed by atoms with van der Waals surface area (Å²) in [6.07, 6.45) is 0.899. The van der Waals surface area contributed by atoms with Crippen LogP contribution in [0.25, 0.3) is 11.0 Å². The number of fused-ring (bicyclic) bond motifs is 1. The Labute approximate surface area is 133 Å². The average Bonchev–Trinajstić information content (AvgIpc) is 2.98. The zero-order chi connectivity index (χ0) is 16.2. The van der Waals surface area contributed by atoms with Gasteiger partial charge < -0.3 is 9.84 Å². The Kier molecular flexibility index (Phi) is 4.06. The van der Waals surface area contributed by atoms with E-state index in [2.05, 4.69) is 34.6 Å². The monoisotopic (exact) mass is 330 g/mol. The first kappa shape index (κ1) is 14.8. The molecule has 10 heteroatoms. The number of pyridine rings is 2. The molecule has 0 fully saturated rings. The molecular weight excluding hydrogens is 320 g/mol. The number of aromatic hydroxyl groups is 1. The fourth-order valence-electron chi connectivity index (χ4n) is 1.68. The van der Waals surface area contributed by atoms with Gasteiger partial charge in [-0.25, -0.2) is 14.8 Å². The Morgan fingerprint density at radius 3 is 3.04 bits per heavy atom. The third kappa shape index (κ3) is 3.21. The van der Waals surface area contributed by atoms with E-state index < -0.39 is 6.09 Å². The van der Waals surface area contributed by atoms with Crippen LogP contribution in [0.2, 0.25) is 0 Å². The molecule has 0 spiro atoms. The predicted octanol–water partition coefficient (Wildman–Crippen LogP) is 3.39. The van der Waals surface area contributed by atoms with E-state index in [1.165, 1.54) is 19.2 Å². The molecule has 0 aliphatic heterocycles.